The first-order valence-electron chi connectivity index (χ1n) is 19.4. The maximum Gasteiger partial charge on any atom is 0.340 e. The van der Waals surface area contributed by atoms with Gasteiger partial charge in [0, 0.05) is 59.1 Å². The van der Waals surface area contributed by atoms with E-state index in [0.717, 1.165) is 57.5 Å². The third kappa shape index (κ3) is 7.12. The average Bonchev–Trinajstić information content (AvgIpc) is 3.40. The molecule has 0 aromatic carbocycles. The molecule has 330 valence electrons. The molecule has 2 aromatic rings. The molecular formula is C41H48N2O18. The zero-order valence-electron chi connectivity index (χ0n) is 34.9. The number of aromatic nitrogens is 2. The lowest BCUT2D eigenvalue weighted by Crippen LogP contribution is -2.89. The van der Waals surface area contributed by atoms with Crippen LogP contribution in [0.25, 0.3) is 0 Å². The maximum atomic E-state index is 14.5. The highest BCUT2D eigenvalue weighted by Gasteiger charge is 2.91. The summed E-state index contributed by atoms with van der Waals surface area (Å²) in [5.74, 6) is -11.0. The van der Waals surface area contributed by atoms with Gasteiger partial charge in [-0.05, 0) is 32.0 Å². The van der Waals surface area contributed by atoms with E-state index in [4.69, 9.17) is 37.9 Å². The van der Waals surface area contributed by atoms with E-state index in [9.17, 15) is 48.6 Å². The molecule has 0 radical (unpaired) electrons. The minimum atomic E-state index is -2.89. The lowest BCUT2D eigenvalue weighted by Gasteiger charge is -2.67. The molecule has 4 bridgehead atoms. The van der Waals surface area contributed by atoms with Crippen molar-refractivity contribution in [3.63, 3.8) is 0 Å². The SMILES string of the molecule is CC(=O)OC[C@]12[C@H](O)[C@H](OC(C)=O)[C@@H]3[C@@H](OC(C)=O)[C@@]14O[C@@]3(C)COC(=O)c1cccnc1[C@H](C)[C@H](C)C(=O)O[C@@H]([C@H](OC(=O)c1ccc(=O)n(C)c1)[C@@H]2OC(C)=O)[C@]4(C)O. The molecule has 0 unspecified atom stereocenters. The van der Waals surface area contributed by atoms with Crippen molar-refractivity contribution in [1.82, 2.24) is 9.55 Å². The van der Waals surface area contributed by atoms with Gasteiger partial charge >= 0.3 is 41.8 Å². The van der Waals surface area contributed by atoms with Crippen LogP contribution in [0.3, 0.4) is 0 Å². The number of esters is 7. The van der Waals surface area contributed by atoms with Crippen molar-refractivity contribution in [2.45, 2.75) is 115 Å². The maximum absolute atomic E-state index is 14.5. The third-order valence-corrected chi connectivity index (χ3v) is 12.4. The number of hydrogen-bond acceptors (Lipinski definition) is 19. The smallest absolute Gasteiger partial charge is 0.340 e. The van der Waals surface area contributed by atoms with Crippen LogP contribution in [-0.4, -0.2) is 128 Å². The first-order valence-corrected chi connectivity index (χ1v) is 19.4. The molecule has 2 aromatic heterocycles. The number of aliphatic hydroxyl groups excluding tert-OH is 1. The first-order chi connectivity index (χ1) is 28.4. The first kappa shape index (κ1) is 44.8. The van der Waals surface area contributed by atoms with Crippen LogP contribution in [0.5, 0.6) is 0 Å². The topological polar surface area (TPSA) is 269 Å². The van der Waals surface area contributed by atoms with E-state index < -0.39 is 137 Å². The van der Waals surface area contributed by atoms with Crippen molar-refractivity contribution >= 4 is 41.8 Å². The molecule has 61 heavy (non-hydrogen) atoms. The summed E-state index contributed by atoms with van der Waals surface area (Å²) >= 11 is 0. The number of pyridine rings is 2. The van der Waals surface area contributed by atoms with E-state index in [1.165, 1.54) is 39.2 Å². The average molecular weight is 857 g/mol. The quantitative estimate of drug-likeness (QED) is 0.283. The van der Waals surface area contributed by atoms with Gasteiger partial charge in [0.2, 0.25) is 5.56 Å². The highest BCUT2D eigenvalue weighted by molar-refractivity contribution is 5.91. The molecule has 13 atom stereocenters. The number of aliphatic hydroxyl groups is 2. The summed E-state index contributed by atoms with van der Waals surface area (Å²) in [5, 5.41) is 26.4. The number of carbonyl (C=O) groups excluding carboxylic acids is 7. The summed E-state index contributed by atoms with van der Waals surface area (Å²) in [6, 6.07) is 5.06. The summed E-state index contributed by atoms with van der Waals surface area (Å²) in [7, 11) is 1.35. The molecular weight excluding hydrogens is 808 g/mol. The Bertz CT molecular complexity index is 2220. The van der Waals surface area contributed by atoms with Crippen LogP contribution in [0, 0.1) is 17.3 Å². The lowest BCUT2D eigenvalue weighted by molar-refractivity contribution is -0.386. The highest BCUT2D eigenvalue weighted by Crippen LogP contribution is 2.69. The van der Waals surface area contributed by atoms with Gasteiger partial charge in [-0.1, -0.05) is 13.8 Å². The van der Waals surface area contributed by atoms with Crippen LogP contribution in [0.1, 0.15) is 87.7 Å². The fourth-order valence-corrected chi connectivity index (χ4v) is 9.64. The molecule has 6 rings (SSSR count). The van der Waals surface area contributed by atoms with E-state index in [1.54, 1.807) is 6.92 Å². The number of rotatable bonds is 7. The normalized spacial score (nSPS) is 36.5. The molecule has 0 amide bonds. The number of cyclic esters (lactones) is 1. The predicted octanol–water partition coefficient (Wildman–Crippen LogP) is 0.455. The Morgan fingerprint density at radius 3 is 2.11 bits per heavy atom. The zero-order chi connectivity index (χ0) is 45.1. The summed E-state index contributed by atoms with van der Waals surface area (Å²) in [6.07, 6.45) is -10.2. The second kappa shape index (κ2) is 15.9. The van der Waals surface area contributed by atoms with Crippen molar-refractivity contribution in [1.29, 1.82) is 0 Å². The van der Waals surface area contributed by atoms with Gasteiger partial charge in [-0.2, -0.15) is 0 Å². The summed E-state index contributed by atoms with van der Waals surface area (Å²) in [6.45, 7) is 7.50. The van der Waals surface area contributed by atoms with Crippen LogP contribution in [0.2, 0.25) is 0 Å². The van der Waals surface area contributed by atoms with Crippen LogP contribution >= 0.6 is 0 Å². The number of fused-ring (bicyclic) bond motifs is 5. The van der Waals surface area contributed by atoms with Gasteiger partial charge in [0.1, 0.15) is 48.1 Å². The Labute approximate surface area is 348 Å². The summed E-state index contributed by atoms with van der Waals surface area (Å²) in [5.41, 5.74) is -11.1. The molecule has 4 aliphatic rings. The molecule has 2 aliphatic carbocycles. The number of ether oxygens (including phenoxy) is 8. The van der Waals surface area contributed by atoms with Crippen LogP contribution in [0.15, 0.2) is 41.5 Å². The summed E-state index contributed by atoms with van der Waals surface area (Å²) in [4.78, 5) is 112. The number of carbonyl (C=O) groups is 7. The van der Waals surface area contributed by atoms with Crippen LogP contribution < -0.4 is 5.56 Å². The Morgan fingerprint density at radius 1 is 0.869 bits per heavy atom. The molecule has 2 aliphatic heterocycles. The van der Waals surface area contributed by atoms with Gasteiger partial charge in [0.25, 0.3) is 0 Å². The van der Waals surface area contributed by atoms with Crippen molar-refractivity contribution in [2.24, 2.45) is 24.3 Å². The van der Waals surface area contributed by atoms with Crippen molar-refractivity contribution in [3.05, 3.63) is 63.8 Å². The van der Waals surface area contributed by atoms with Crippen molar-refractivity contribution in [3.8, 4) is 0 Å². The molecule has 20 nitrogen and oxygen atoms in total. The largest absolute Gasteiger partial charge is 0.465 e. The molecule has 2 saturated carbocycles. The van der Waals surface area contributed by atoms with Gasteiger partial charge in [-0.3, -0.25) is 33.8 Å². The standard InChI is InChI=1S/C41H48N2O18/c1-18-19(2)35(50)60-33-30(59-36(51)24-12-13-26(48)43(9)15-24)34(58-23(6)47)40(17-54-20(3)44)31(49)29(56-21(4)45)27-32(57-22(5)46)41(40,39(33,8)53)61-38(27,7)16-55-37(52)25-11-10-14-42-28(18)25/h10-15,18-19,27,29-34,49,53H,16-17H2,1-9H3/t18-,19+,27-,29-,30+,31-,32-,33+,34+,38+,39+,40-,41+/m1/s1. The highest BCUT2D eigenvalue weighted by atomic mass is 16.7. The Morgan fingerprint density at radius 2 is 1.51 bits per heavy atom. The minimum absolute atomic E-state index is 0.0575. The van der Waals surface area contributed by atoms with E-state index in [2.05, 4.69) is 4.98 Å². The van der Waals surface area contributed by atoms with Gasteiger partial charge < -0.3 is 52.7 Å². The van der Waals surface area contributed by atoms with Crippen molar-refractivity contribution in [2.75, 3.05) is 13.2 Å². The van der Waals surface area contributed by atoms with Crippen LogP contribution in [-0.2, 0) is 68.9 Å². The Balaban J connectivity index is 1.75. The van der Waals surface area contributed by atoms with E-state index in [0.29, 0.717) is 0 Å². The predicted molar refractivity (Wildman–Crippen MR) is 201 cm³/mol. The third-order valence-electron chi connectivity index (χ3n) is 12.4. The molecule has 1 spiro atoms. The van der Waals surface area contributed by atoms with E-state index >= 15 is 0 Å². The molecule has 4 heterocycles. The molecule has 1 saturated heterocycles. The fraction of sp³-hybridized carbons (Fsp3) is 0.585. The number of aryl methyl sites for hydroxylation is 1. The zero-order valence-corrected chi connectivity index (χ0v) is 34.9. The fourth-order valence-electron chi connectivity index (χ4n) is 9.64. The van der Waals surface area contributed by atoms with Gasteiger partial charge in [0.05, 0.1) is 28.7 Å². The second-order valence-electron chi connectivity index (χ2n) is 16.4. The number of nitrogens with zero attached hydrogens (tertiary/aromatic N) is 2. The summed E-state index contributed by atoms with van der Waals surface area (Å²) < 4.78 is 49.5. The van der Waals surface area contributed by atoms with Crippen molar-refractivity contribution < 1.29 is 81.7 Å². The van der Waals surface area contributed by atoms with E-state index in [1.807, 2.05) is 0 Å². The second-order valence-corrected chi connectivity index (χ2v) is 16.4. The molecule has 20 heteroatoms. The lowest BCUT2D eigenvalue weighted by atomic mass is 9.45. The van der Waals surface area contributed by atoms with Gasteiger partial charge in [-0.25, -0.2) is 9.59 Å². The molecule has 3 fully saturated rings. The Kier molecular flexibility index (Phi) is 11.7. The van der Waals surface area contributed by atoms with Crippen LogP contribution in [0.4, 0.5) is 0 Å². The van der Waals surface area contributed by atoms with Gasteiger partial charge in [0.15, 0.2) is 23.9 Å². The van der Waals surface area contributed by atoms with E-state index in [-0.39, 0.29) is 16.8 Å². The molecule has 2 N–H and O–H groups in total. The Hall–Kier alpha value is -5.73. The number of hydrogen-bond donors (Lipinski definition) is 2. The van der Waals surface area contributed by atoms with Gasteiger partial charge in [-0.15, -0.1) is 0 Å². The monoisotopic (exact) mass is 856 g/mol. The minimum Gasteiger partial charge on any atom is -0.465 e.